The molecule has 0 N–H and O–H groups in total. The van der Waals surface area contributed by atoms with Gasteiger partial charge in [-0.25, -0.2) is 0 Å². The van der Waals surface area contributed by atoms with Gasteiger partial charge < -0.3 is 18.6 Å². The lowest BCUT2D eigenvalue weighted by atomic mass is 9.81. The van der Waals surface area contributed by atoms with Gasteiger partial charge in [-0.05, 0) is 216 Å². The Morgan fingerprint density at radius 1 is 0.200 bits per heavy atom. The molecular weight excluding hydrogens is 1210 g/mol. The van der Waals surface area contributed by atoms with Gasteiger partial charge in [0.25, 0.3) is 0 Å². The summed E-state index contributed by atoms with van der Waals surface area (Å²) >= 11 is 0. The van der Waals surface area contributed by atoms with Gasteiger partial charge in [0.2, 0.25) is 0 Å². The van der Waals surface area contributed by atoms with Crippen LogP contribution in [0.5, 0.6) is 0 Å². The lowest BCUT2D eigenvalue weighted by Crippen LogP contribution is -2.18. The number of anilines is 3. The molecule has 3 heterocycles. The summed E-state index contributed by atoms with van der Waals surface area (Å²) < 4.78 is 7.21. The fourth-order valence-corrected chi connectivity index (χ4v) is 17.2. The standard InChI is InChI=1S/C96H68N4/c1-95(2)85-55-65(64-42-53-92-84(54-64)81-28-16-19-31-91(81)98(92)69-20-8-5-9-21-69)38-47-75(85)77-51-45-73(59-87(77)95)97(72-43-36-62(37-44-72)61-32-34-63(35-33-61)67-40-49-82-79-26-14-17-29-89(79)99(93(82)57-67)70-22-10-6-11-23-70)74-46-52-78-76-48-39-66(56-86(76)96(3,4)88(78)60-74)68-41-50-83-80-27-15-18-30-90(80)100(94(83)58-68)71-24-12-7-13-25-71/h5-60H,1-4H3. The third kappa shape index (κ3) is 8.79. The van der Waals surface area contributed by atoms with E-state index in [1.54, 1.807) is 0 Å². The fraction of sp³-hybridized carbons (Fsp3) is 0.0625. The van der Waals surface area contributed by atoms with Crippen molar-refractivity contribution in [2.45, 2.75) is 38.5 Å². The molecule has 2 aliphatic rings. The zero-order chi connectivity index (χ0) is 66.5. The molecule has 472 valence electrons. The largest absolute Gasteiger partial charge is 0.310 e. The Labute approximate surface area is 581 Å². The Hall–Kier alpha value is -12.5. The van der Waals surface area contributed by atoms with E-state index in [0.29, 0.717) is 0 Å². The highest BCUT2D eigenvalue weighted by Gasteiger charge is 2.39. The molecule has 0 spiro atoms. The maximum atomic E-state index is 2.50. The summed E-state index contributed by atoms with van der Waals surface area (Å²) in [6, 6.07) is 127. The molecule has 0 aliphatic heterocycles. The first-order valence-corrected chi connectivity index (χ1v) is 35.0. The molecule has 15 aromatic carbocycles. The average Bonchev–Trinajstić information content (AvgIpc) is 1.57. The van der Waals surface area contributed by atoms with Gasteiger partial charge in [-0.15, -0.1) is 0 Å². The van der Waals surface area contributed by atoms with E-state index in [-0.39, 0.29) is 10.8 Å². The molecule has 0 saturated heterocycles. The summed E-state index contributed by atoms with van der Waals surface area (Å²) in [5, 5.41) is 7.54. The fourth-order valence-electron chi connectivity index (χ4n) is 17.2. The summed E-state index contributed by atoms with van der Waals surface area (Å²) in [4.78, 5) is 2.50. The van der Waals surface area contributed by atoms with E-state index in [9.17, 15) is 0 Å². The maximum Gasteiger partial charge on any atom is 0.0547 e. The van der Waals surface area contributed by atoms with Crippen molar-refractivity contribution >= 4 is 82.5 Å². The van der Waals surface area contributed by atoms with Crippen LogP contribution in [-0.4, -0.2) is 13.7 Å². The van der Waals surface area contributed by atoms with E-state index in [1.807, 2.05) is 0 Å². The number of rotatable bonds is 10. The zero-order valence-electron chi connectivity index (χ0n) is 56.1. The summed E-state index contributed by atoms with van der Waals surface area (Å²) in [5.41, 5.74) is 33.6. The first kappa shape index (κ1) is 57.7. The third-order valence-electron chi connectivity index (χ3n) is 22.2. The van der Waals surface area contributed by atoms with Crippen molar-refractivity contribution in [3.8, 4) is 83.8 Å². The van der Waals surface area contributed by atoms with Crippen LogP contribution < -0.4 is 4.90 Å². The van der Waals surface area contributed by atoms with Crippen LogP contribution in [0.4, 0.5) is 17.1 Å². The Morgan fingerprint density at radius 3 is 0.930 bits per heavy atom. The summed E-state index contributed by atoms with van der Waals surface area (Å²) in [6.45, 7) is 9.66. The van der Waals surface area contributed by atoms with Crippen molar-refractivity contribution in [2.24, 2.45) is 0 Å². The summed E-state index contributed by atoms with van der Waals surface area (Å²) in [5.74, 6) is 0. The van der Waals surface area contributed by atoms with Gasteiger partial charge in [0.15, 0.2) is 0 Å². The van der Waals surface area contributed by atoms with Crippen molar-refractivity contribution in [3.63, 3.8) is 0 Å². The number of nitrogens with zero attached hydrogens (tertiary/aromatic N) is 4. The number of benzene rings is 15. The molecular formula is C96H68N4. The van der Waals surface area contributed by atoms with Gasteiger partial charge in [-0.2, -0.15) is 0 Å². The van der Waals surface area contributed by atoms with Crippen LogP contribution in [0.15, 0.2) is 340 Å². The van der Waals surface area contributed by atoms with Crippen LogP contribution in [0, 0.1) is 0 Å². The quantitative estimate of drug-likeness (QED) is 0.133. The highest BCUT2D eigenvalue weighted by atomic mass is 15.1. The Balaban J connectivity index is 0.666. The van der Waals surface area contributed by atoms with Gasteiger partial charge in [-0.3, -0.25) is 0 Å². The minimum Gasteiger partial charge on any atom is -0.310 e. The molecule has 3 aromatic heterocycles. The summed E-state index contributed by atoms with van der Waals surface area (Å²) in [6.07, 6.45) is 0. The van der Waals surface area contributed by atoms with Gasteiger partial charge in [0.1, 0.15) is 0 Å². The number of hydrogen-bond donors (Lipinski definition) is 0. The summed E-state index contributed by atoms with van der Waals surface area (Å²) in [7, 11) is 0. The van der Waals surface area contributed by atoms with Gasteiger partial charge in [0.05, 0.1) is 33.1 Å². The molecule has 20 rings (SSSR count). The van der Waals surface area contributed by atoms with Gasteiger partial charge in [-0.1, -0.05) is 240 Å². The van der Waals surface area contributed by atoms with E-state index in [0.717, 1.165) is 28.4 Å². The number of aromatic nitrogens is 3. The molecule has 0 amide bonds. The highest BCUT2D eigenvalue weighted by Crippen LogP contribution is 2.55. The van der Waals surface area contributed by atoms with E-state index in [4.69, 9.17) is 0 Å². The van der Waals surface area contributed by atoms with Crippen LogP contribution in [0.3, 0.4) is 0 Å². The Bertz CT molecular complexity index is 6360. The van der Waals surface area contributed by atoms with Crippen LogP contribution in [0.1, 0.15) is 49.9 Å². The first-order valence-electron chi connectivity index (χ1n) is 35.0. The van der Waals surface area contributed by atoms with Gasteiger partial charge in [0, 0.05) is 77.3 Å². The lowest BCUT2D eigenvalue weighted by Gasteiger charge is -2.30. The highest BCUT2D eigenvalue weighted by molar-refractivity contribution is 6.13. The minimum absolute atomic E-state index is 0.292. The zero-order valence-corrected chi connectivity index (χ0v) is 56.1. The molecule has 0 radical (unpaired) electrons. The second-order valence-corrected chi connectivity index (χ2v) is 28.5. The molecule has 2 aliphatic carbocycles. The molecule has 0 bridgehead atoms. The maximum absolute atomic E-state index is 2.50. The first-order chi connectivity index (χ1) is 49.1. The topological polar surface area (TPSA) is 18.0 Å². The van der Waals surface area contributed by atoms with Crippen molar-refractivity contribution in [1.82, 2.24) is 13.7 Å². The number of fused-ring (bicyclic) bond motifs is 15. The van der Waals surface area contributed by atoms with Crippen molar-refractivity contribution in [3.05, 3.63) is 362 Å². The van der Waals surface area contributed by atoms with Crippen LogP contribution in [0.2, 0.25) is 0 Å². The molecule has 18 aromatic rings. The van der Waals surface area contributed by atoms with Crippen molar-refractivity contribution in [1.29, 1.82) is 0 Å². The average molecular weight is 1280 g/mol. The predicted octanol–water partition coefficient (Wildman–Crippen LogP) is 25.7. The molecule has 0 unspecified atom stereocenters. The Kier molecular flexibility index (Phi) is 12.7. The molecule has 100 heavy (non-hydrogen) atoms. The monoisotopic (exact) mass is 1280 g/mol. The van der Waals surface area contributed by atoms with Gasteiger partial charge >= 0.3 is 0 Å². The lowest BCUT2D eigenvalue weighted by molar-refractivity contribution is 0.660. The Morgan fingerprint density at radius 2 is 0.480 bits per heavy atom. The second-order valence-electron chi connectivity index (χ2n) is 28.5. The molecule has 4 heteroatoms. The van der Waals surface area contributed by atoms with Crippen molar-refractivity contribution in [2.75, 3.05) is 4.90 Å². The smallest absolute Gasteiger partial charge is 0.0547 e. The van der Waals surface area contributed by atoms with Crippen LogP contribution in [0.25, 0.3) is 149 Å². The second kappa shape index (κ2) is 22.0. The van der Waals surface area contributed by atoms with E-state index < -0.39 is 0 Å². The van der Waals surface area contributed by atoms with Crippen LogP contribution in [-0.2, 0) is 10.8 Å². The van der Waals surface area contributed by atoms with Crippen LogP contribution >= 0.6 is 0 Å². The van der Waals surface area contributed by atoms with Crippen molar-refractivity contribution < 1.29 is 0 Å². The normalized spacial score (nSPS) is 13.4. The number of para-hydroxylation sites is 6. The number of hydrogen-bond acceptors (Lipinski definition) is 1. The third-order valence-corrected chi connectivity index (χ3v) is 22.2. The molecule has 0 fully saturated rings. The minimum atomic E-state index is -0.295. The SMILES string of the molecule is CC1(C)c2cc(-c3ccc4c(c3)c3ccccc3n4-c3ccccc3)ccc2-c2ccc(N(c3ccc(-c4ccc(-c5ccc6c7ccccc7n(-c7ccccc7)c6c5)cc4)cc3)c3ccc4c(c3)C(C)(C)c3cc(-c5ccc6c7ccccc7n(-c7ccccc7)c6c5)ccc3-4)cc21. The van der Waals surface area contributed by atoms with E-state index >= 15 is 0 Å². The van der Waals surface area contributed by atoms with E-state index in [1.165, 1.54) is 160 Å². The molecule has 0 atom stereocenters. The molecule has 0 saturated carbocycles. The van der Waals surface area contributed by atoms with E-state index in [2.05, 4.69) is 386 Å². The predicted molar refractivity (Wildman–Crippen MR) is 421 cm³/mol. The molecule has 4 nitrogen and oxygen atoms in total.